The van der Waals surface area contributed by atoms with Gasteiger partial charge in [0, 0.05) is 0 Å². The Morgan fingerprint density at radius 1 is 0.810 bits per heavy atom. The standard InChI is InChI=1S/C13H28NO2.C13H26O2.C7H8O3S/c1-6-12(5)13(15)16-11-10-14(7-2,8-3)9-4;1-5-8-9-12(7-3)10-15-13(14)11(4)6-2;1-6-2-4-7(5-3-6)11(8,9)10/h12H,6-11H2,1-5H3;11-12H,5-10H2,1-4H3;2-5H,1H3,(H,8,9,10)/q+1;;/p-1. The van der Waals surface area contributed by atoms with Gasteiger partial charge in [-0.3, -0.25) is 9.59 Å². The van der Waals surface area contributed by atoms with Crippen LogP contribution in [0.3, 0.4) is 0 Å². The summed E-state index contributed by atoms with van der Waals surface area (Å²) in [6.45, 7) is 26.1. The fraction of sp³-hybridized carbons (Fsp3) is 0.758. The summed E-state index contributed by atoms with van der Waals surface area (Å²) in [6, 6.07) is 5.78. The van der Waals surface area contributed by atoms with Gasteiger partial charge in [-0.15, -0.1) is 0 Å². The number of hydrogen-bond donors (Lipinski definition) is 0. The fourth-order valence-corrected chi connectivity index (χ4v) is 4.38. The van der Waals surface area contributed by atoms with Gasteiger partial charge >= 0.3 is 11.9 Å². The largest absolute Gasteiger partial charge is 0.744 e. The summed E-state index contributed by atoms with van der Waals surface area (Å²) in [5.74, 6) is 0.551. The van der Waals surface area contributed by atoms with Crippen LogP contribution < -0.4 is 0 Å². The second-order valence-electron chi connectivity index (χ2n) is 11.1. The van der Waals surface area contributed by atoms with Gasteiger partial charge in [-0.25, -0.2) is 8.42 Å². The fourth-order valence-electron chi connectivity index (χ4n) is 3.91. The van der Waals surface area contributed by atoms with Crippen molar-refractivity contribution in [2.24, 2.45) is 17.8 Å². The van der Waals surface area contributed by atoms with Crippen molar-refractivity contribution in [2.75, 3.05) is 39.4 Å². The molecule has 42 heavy (non-hydrogen) atoms. The van der Waals surface area contributed by atoms with Crippen LogP contribution in [0.1, 0.15) is 106 Å². The molecule has 1 aromatic rings. The summed E-state index contributed by atoms with van der Waals surface area (Å²) in [5, 5.41) is 0. The van der Waals surface area contributed by atoms with E-state index < -0.39 is 10.1 Å². The average Bonchev–Trinajstić information content (AvgIpc) is 2.99. The molecule has 1 rings (SSSR count). The number of unbranched alkanes of at least 4 members (excludes halogenated alkanes) is 1. The molecule has 0 N–H and O–H groups in total. The first-order valence-electron chi connectivity index (χ1n) is 15.9. The lowest BCUT2D eigenvalue weighted by Gasteiger charge is -2.35. The molecule has 0 spiro atoms. The third kappa shape index (κ3) is 18.5. The van der Waals surface area contributed by atoms with Gasteiger partial charge in [-0.05, 0) is 65.0 Å². The number of ether oxygens (including phenoxy) is 2. The van der Waals surface area contributed by atoms with Crippen molar-refractivity contribution in [1.82, 2.24) is 0 Å². The Bertz CT molecular complexity index is 935. The lowest BCUT2D eigenvalue weighted by atomic mass is 10.0. The first-order valence-corrected chi connectivity index (χ1v) is 17.3. The number of quaternary nitrogens is 1. The molecule has 0 radical (unpaired) electrons. The highest BCUT2D eigenvalue weighted by atomic mass is 32.2. The Balaban J connectivity index is 0. The van der Waals surface area contributed by atoms with Crippen LogP contribution in [0.15, 0.2) is 29.2 Å². The van der Waals surface area contributed by atoms with E-state index in [4.69, 9.17) is 9.47 Å². The molecule has 0 aliphatic carbocycles. The van der Waals surface area contributed by atoms with Crippen molar-refractivity contribution < 1.29 is 36.5 Å². The lowest BCUT2D eigenvalue weighted by molar-refractivity contribution is -0.923. The highest BCUT2D eigenvalue weighted by Crippen LogP contribution is 2.14. The third-order valence-electron chi connectivity index (χ3n) is 8.17. The Kier molecular flexibility index (Phi) is 23.6. The van der Waals surface area contributed by atoms with Gasteiger partial charge in [0.05, 0.1) is 43.0 Å². The number of carbonyl (C=O) groups is 2. The molecular formula is C33H61NO7S. The summed E-state index contributed by atoms with van der Waals surface area (Å²) >= 11 is 0. The van der Waals surface area contributed by atoms with Crippen LogP contribution >= 0.6 is 0 Å². The second-order valence-corrected chi connectivity index (χ2v) is 12.5. The molecular weight excluding hydrogens is 554 g/mol. The number of nitrogens with zero attached hydrogens (tertiary/aromatic N) is 1. The van der Waals surface area contributed by atoms with E-state index in [9.17, 15) is 22.6 Å². The molecule has 0 saturated heterocycles. The average molecular weight is 616 g/mol. The zero-order valence-electron chi connectivity index (χ0n) is 28.2. The molecule has 0 saturated carbocycles. The number of rotatable bonds is 17. The lowest BCUT2D eigenvalue weighted by Crippen LogP contribution is -2.49. The minimum Gasteiger partial charge on any atom is -0.744 e. The summed E-state index contributed by atoms with van der Waals surface area (Å²) in [7, 11) is -4.27. The molecule has 246 valence electrons. The first kappa shape index (κ1) is 42.2. The maximum atomic E-state index is 11.5. The minimum absolute atomic E-state index is 0.0341. The van der Waals surface area contributed by atoms with Gasteiger partial charge in [0.25, 0.3) is 0 Å². The van der Waals surface area contributed by atoms with Crippen LogP contribution in [-0.2, 0) is 29.2 Å². The molecule has 0 amide bonds. The van der Waals surface area contributed by atoms with E-state index in [1.807, 2.05) is 34.6 Å². The van der Waals surface area contributed by atoms with Crippen LogP contribution in [-0.4, -0.2) is 68.8 Å². The molecule has 1 aromatic carbocycles. The predicted octanol–water partition coefficient (Wildman–Crippen LogP) is 7.14. The SMILES string of the molecule is CCC(C)C(=O)OCC[N+](CC)(CC)CC.CCCCC(CC)COC(=O)C(C)CC.Cc1ccc(S(=O)(=O)[O-])cc1. The highest BCUT2D eigenvalue weighted by molar-refractivity contribution is 7.85. The number of hydrogen-bond acceptors (Lipinski definition) is 7. The molecule has 3 unspecified atom stereocenters. The van der Waals surface area contributed by atoms with Gasteiger partial charge < -0.3 is 18.5 Å². The van der Waals surface area contributed by atoms with E-state index >= 15 is 0 Å². The molecule has 0 bridgehead atoms. The zero-order valence-corrected chi connectivity index (χ0v) is 29.1. The Labute approximate surface area is 257 Å². The van der Waals surface area contributed by atoms with Crippen LogP contribution in [0.25, 0.3) is 0 Å². The van der Waals surface area contributed by atoms with Crippen molar-refractivity contribution in [3.63, 3.8) is 0 Å². The maximum Gasteiger partial charge on any atom is 0.308 e. The zero-order chi connectivity index (χ0) is 32.8. The molecule has 8 nitrogen and oxygen atoms in total. The number of likely N-dealkylation sites (N-methyl/N-ethyl adjacent to an activating group) is 1. The van der Waals surface area contributed by atoms with Gasteiger partial charge in [0.15, 0.2) is 0 Å². The molecule has 0 heterocycles. The van der Waals surface area contributed by atoms with Crippen LogP contribution in [0, 0.1) is 24.7 Å². The monoisotopic (exact) mass is 615 g/mol. The topological polar surface area (TPSA) is 110 Å². The quantitative estimate of drug-likeness (QED) is 0.104. The van der Waals surface area contributed by atoms with E-state index in [0.717, 1.165) is 55.5 Å². The van der Waals surface area contributed by atoms with E-state index in [2.05, 4.69) is 34.6 Å². The Morgan fingerprint density at radius 2 is 1.29 bits per heavy atom. The van der Waals surface area contributed by atoms with Crippen LogP contribution in [0.2, 0.25) is 0 Å². The smallest absolute Gasteiger partial charge is 0.308 e. The van der Waals surface area contributed by atoms with Crippen molar-refractivity contribution >= 4 is 22.1 Å². The number of aryl methyl sites for hydroxylation is 1. The number of carbonyl (C=O) groups excluding carboxylic acids is 2. The van der Waals surface area contributed by atoms with E-state index in [1.165, 1.54) is 31.4 Å². The highest BCUT2D eigenvalue weighted by Gasteiger charge is 2.21. The van der Waals surface area contributed by atoms with Crippen LogP contribution in [0.4, 0.5) is 0 Å². The summed E-state index contributed by atoms with van der Waals surface area (Å²) in [6.07, 6.45) is 6.46. The van der Waals surface area contributed by atoms with Crippen molar-refractivity contribution in [3.8, 4) is 0 Å². The number of benzene rings is 1. The van der Waals surface area contributed by atoms with Gasteiger partial charge in [-0.1, -0.05) is 78.5 Å². The van der Waals surface area contributed by atoms with E-state index in [1.54, 1.807) is 12.1 Å². The van der Waals surface area contributed by atoms with Crippen molar-refractivity contribution in [2.45, 2.75) is 113 Å². The maximum absolute atomic E-state index is 11.5. The molecule has 0 aromatic heterocycles. The van der Waals surface area contributed by atoms with Gasteiger partial charge in [-0.2, -0.15) is 0 Å². The van der Waals surface area contributed by atoms with Gasteiger partial charge in [0.1, 0.15) is 23.3 Å². The molecule has 0 fully saturated rings. The Hall–Kier alpha value is -1.97. The molecule has 3 atom stereocenters. The van der Waals surface area contributed by atoms with E-state index in [-0.39, 0.29) is 28.7 Å². The molecule has 0 aliphatic rings. The summed E-state index contributed by atoms with van der Waals surface area (Å²) in [4.78, 5) is 22.8. The summed E-state index contributed by atoms with van der Waals surface area (Å²) in [5.41, 5.74) is 0.928. The van der Waals surface area contributed by atoms with Crippen molar-refractivity contribution in [3.05, 3.63) is 29.8 Å². The number of esters is 2. The normalized spacial score (nSPS) is 13.4. The summed E-state index contributed by atoms with van der Waals surface area (Å²) < 4.78 is 42.8. The van der Waals surface area contributed by atoms with Crippen LogP contribution in [0.5, 0.6) is 0 Å². The first-order chi connectivity index (χ1) is 19.7. The van der Waals surface area contributed by atoms with E-state index in [0.29, 0.717) is 19.1 Å². The Morgan fingerprint density at radius 3 is 1.67 bits per heavy atom. The van der Waals surface area contributed by atoms with Gasteiger partial charge in [0.2, 0.25) is 0 Å². The third-order valence-corrected chi connectivity index (χ3v) is 9.02. The predicted molar refractivity (Wildman–Crippen MR) is 170 cm³/mol. The van der Waals surface area contributed by atoms with Crippen molar-refractivity contribution in [1.29, 1.82) is 0 Å². The molecule has 9 heteroatoms. The second kappa shape index (κ2) is 23.5. The minimum atomic E-state index is -4.27. The molecule has 0 aliphatic heterocycles.